The molecule has 0 spiro atoms. The summed E-state index contributed by atoms with van der Waals surface area (Å²) in [6.45, 7) is 2.65. The van der Waals surface area contributed by atoms with Gasteiger partial charge in [-0.15, -0.1) is 0 Å². The van der Waals surface area contributed by atoms with Crippen molar-refractivity contribution in [1.29, 1.82) is 0 Å². The second-order valence-corrected chi connectivity index (χ2v) is 5.69. The van der Waals surface area contributed by atoms with E-state index in [1.54, 1.807) is 14.7 Å². The Labute approximate surface area is 225 Å². The Morgan fingerprint density at radius 1 is 0.593 bits per heavy atom. The molecule has 1 N–H and O–H groups in total. The van der Waals surface area contributed by atoms with Crippen LogP contribution in [0.15, 0.2) is 0 Å². The fourth-order valence-corrected chi connectivity index (χ4v) is 2.52. The third kappa shape index (κ3) is 17.8. The molecule has 138 valence electrons. The Morgan fingerprint density at radius 2 is 0.852 bits per heavy atom. The van der Waals surface area contributed by atoms with E-state index in [9.17, 15) is 29.7 Å². The number of rotatable bonds is 6. The molecule has 1 heterocycles. The summed E-state index contributed by atoms with van der Waals surface area (Å²) in [5, 5.41) is 35.6. The molecular formula is C14H23N4Na3O6. The largest absolute Gasteiger partial charge is 1.00 e. The number of carboxylic acid groups (broad SMARTS) is 3. The third-order valence-corrected chi connectivity index (χ3v) is 3.73. The van der Waals surface area contributed by atoms with E-state index in [1.807, 2.05) is 0 Å². The van der Waals surface area contributed by atoms with Gasteiger partial charge in [0.1, 0.15) is 0 Å². The second-order valence-electron chi connectivity index (χ2n) is 5.69. The van der Waals surface area contributed by atoms with Crippen LogP contribution >= 0.6 is 0 Å². The van der Waals surface area contributed by atoms with Gasteiger partial charge in [0, 0.05) is 72.0 Å². The molecule has 1 fully saturated rings. The van der Waals surface area contributed by atoms with E-state index < -0.39 is 17.9 Å². The molecule has 13 heteroatoms. The molecule has 27 heavy (non-hydrogen) atoms. The van der Waals surface area contributed by atoms with Crippen molar-refractivity contribution >= 4 is 17.9 Å². The van der Waals surface area contributed by atoms with Crippen LogP contribution < -0.4 is 109 Å². The van der Waals surface area contributed by atoms with Crippen LogP contribution in [0.1, 0.15) is 0 Å². The van der Waals surface area contributed by atoms with Crippen LogP contribution in [0.25, 0.3) is 0 Å². The van der Waals surface area contributed by atoms with Gasteiger partial charge in [0.25, 0.3) is 0 Å². The SMILES string of the molecule is O=C([O-])CN1CCNCCN(CC(=O)[O-])CCN(CC(=O)[O-])CC1.[Na+].[Na+].[Na+]. The van der Waals surface area contributed by atoms with Crippen molar-refractivity contribution < 1.29 is 118 Å². The molecule has 0 atom stereocenters. The molecule has 0 aromatic heterocycles. The second kappa shape index (κ2) is 19.2. The van der Waals surface area contributed by atoms with Gasteiger partial charge in [0.05, 0.1) is 17.9 Å². The maximum atomic E-state index is 10.9. The first kappa shape index (κ1) is 32.9. The maximum absolute atomic E-state index is 10.9. The fourth-order valence-electron chi connectivity index (χ4n) is 2.52. The average molecular weight is 412 g/mol. The van der Waals surface area contributed by atoms with E-state index in [-0.39, 0.29) is 108 Å². The molecule has 0 amide bonds. The molecule has 0 radical (unpaired) electrons. The number of hydrogen-bond donors (Lipinski definition) is 1. The van der Waals surface area contributed by atoms with Crippen molar-refractivity contribution in [3.8, 4) is 0 Å². The number of nitrogens with zero attached hydrogens (tertiary/aromatic N) is 3. The van der Waals surface area contributed by atoms with Crippen LogP contribution in [-0.2, 0) is 14.4 Å². The molecular weight excluding hydrogens is 389 g/mol. The standard InChI is InChI=1S/C14H26N4O6.3Na/c19-12(20)9-16-3-1-15-2-4-17(10-13(21)22)6-8-18(7-5-16)11-14(23)24;;;/h15H,1-11H2,(H,19,20)(H,21,22)(H,23,24);;;/q;3*+1/p-3. The topological polar surface area (TPSA) is 142 Å². The van der Waals surface area contributed by atoms with E-state index in [4.69, 9.17) is 0 Å². The van der Waals surface area contributed by atoms with Crippen molar-refractivity contribution in [3.63, 3.8) is 0 Å². The molecule has 0 aromatic carbocycles. The number of carbonyl (C=O) groups excluding carboxylic acids is 3. The number of carboxylic acids is 3. The van der Waals surface area contributed by atoms with Gasteiger partial charge in [-0.05, 0) is 0 Å². The third-order valence-electron chi connectivity index (χ3n) is 3.73. The zero-order chi connectivity index (χ0) is 17.9. The van der Waals surface area contributed by atoms with Crippen molar-refractivity contribution in [1.82, 2.24) is 20.0 Å². The summed E-state index contributed by atoms with van der Waals surface area (Å²) in [7, 11) is 0. The van der Waals surface area contributed by atoms with Gasteiger partial charge in [-0.1, -0.05) is 0 Å². The number of nitrogens with one attached hydrogen (secondary N) is 1. The average Bonchev–Trinajstić information content (AvgIpc) is 2.45. The normalized spacial score (nSPS) is 17.8. The van der Waals surface area contributed by atoms with Gasteiger partial charge in [-0.2, -0.15) is 0 Å². The molecule has 1 aliphatic heterocycles. The summed E-state index contributed by atoms with van der Waals surface area (Å²) < 4.78 is 0. The zero-order valence-electron chi connectivity index (χ0n) is 16.6. The minimum atomic E-state index is -1.23. The van der Waals surface area contributed by atoms with E-state index >= 15 is 0 Å². The van der Waals surface area contributed by atoms with E-state index in [1.165, 1.54) is 0 Å². The van der Waals surface area contributed by atoms with E-state index in [2.05, 4.69) is 5.32 Å². The van der Waals surface area contributed by atoms with Gasteiger partial charge in [0.2, 0.25) is 0 Å². The van der Waals surface area contributed by atoms with Crippen molar-refractivity contribution in [3.05, 3.63) is 0 Å². The van der Waals surface area contributed by atoms with Crippen LogP contribution in [0.5, 0.6) is 0 Å². The van der Waals surface area contributed by atoms with Crippen LogP contribution in [-0.4, -0.2) is 105 Å². The zero-order valence-corrected chi connectivity index (χ0v) is 22.6. The van der Waals surface area contributed by atoms with Crippen LogP contribution in [0.2, 0.25) is 0 Å². The molecule has 0 aliphatic carbocycles. The van der Waals surface area contributed by atoms with Crippen molar-refractivity contribution in [2.75, 3.05) is 72.0 Å². The summed E-state index contributed by atoms with van der Waals surface area (Å²) in [6.07, 6.45) is 0. The van der Waals surface area contributed by atoms with Crippen molar-refractivity contribution in [2.45, 2.75) is 0 Å². The van der Waals surface area contributed by atoms with Gasteiger partial charge >= 0.3 is 88.7 Å². The summed E-state index contributed by atoms with van der Waals surface area (Å²) in [4.78, 5) is 37.4. The summed E-state index contributed by atoms with van der Waals surface area (Å²) in [5.41, 5.74) is 0. The van der Waals surface area contributed by atoms with Gasteiger partial charge in [-0.3, -0.25) is 14.7 Å². The van der Waals surface area contributed by atoms with Gasteiger partial charge < -0.3 is 35.0 Å². The summed E-state index contributed by atoms with van der Waals surface area (Å²) >= 11 is 0. The molecule has 0 aromatic rings. The van der Waals surface area contributed by atoms with Crippen LogP contribution in [0.4, 0.5) is 0 Å². The van der Waals surface area contributed by atoms with Gasteiger partial charge in [-0.25, -0.2) is 0 Å². The number of hydrogen-bond acceptors (Lipinski definition) is 10. The predicted molar refractivity (Wildman–Crippen MR) is 77.2 cm³/mol. The Bertz CT molecular complexity index is 417. The minimum absolute atomic E-state index is 0. The smallest absolute Gasteiger partial charge is 0.549 e. The molecule has 0 unspecified atom stereocenters. The fraction of sp³-hybridized carbons (Fsp3) is 0.786. The minimum Gasteiger partial charge on any atom is -0.549 e. The van der Waals surface area contributed by atoms with Crippen LogP contribution in [0, 0.1) is 0 Å². The molecule has 1 aliphatic rings. The number of carbonyl (C=O) groups is 3. The Balaban J connectivity index is -0.00000192. The van der Waals surface area contributed by atoms with E-state index in [0.29, 0.717) is 52.4 Å². The van der Waals surface area contributed by atoms with E-state index in [0.717, 1.165) is 0 Å². The Morgan fingerprint density at radius 3 is 1.11 bits per heavy atom. The summed E-state index contributed by atoms with van der Waals surface area (Å²) in [5.74, 6) is -3.61. The number of aliphatic carboxylic acids is 3. The molecule has 0 saturated carbocycles. The maximum Gasteiger partial charge on any atom is 1.00 e. The first-order chi connectivity index (χ1) is 11.4. The first-order valence-corrected chi connectivity index (χ1v) is 7.84. The Kier molecular flexibility index (Phi) is 23.4. The molecule has 1 rings (SSSR count). The summed E-state index contributed by atoms with van der Waals surface area (Å²) in [6, 6.07) is 0. The first-order valence-electron chi connectivity index (χ1n) is 7.84. The quantitative estimate of drug-likeness (QED) is 0.418. The molecule has 1 saturated heterocycles. The monoisotopic (exact) mass is 412 g/mol. The van der Waals surface area contributed by atoms with Crippen molar-refractivity contribution in [2.24, 2.45) is 0 Å². The molecule has 10 nitrogen and oxygen atoms in total. The predicted octanol–water partition coefficient (Wildman–Crippen LogP) is -15.2. The Hall–Kier alpha value is 1.25. The van der Waals surface area contributed by atoms with Gasteiger partial charge in [0.15, 0.2) is 0 Å². The van der Waals surface area contributed by atoms with Crippen LogP contribution in [0.3, 0.4) is 0 Å². The molecule has 0 bridgehead atoms.